The molecule has 1 aromatic heterocycles. The fourth-order valence-corrected chi connectivity index (χ4v) is 4.58. The van der Waals surface area contributed by atoms with Crippen LogP contribution in [-0.2, 0) is 21.4 Å². The van der Waals surface area contributed by atoms with Crippen molar-refractivity contribution in [1.29, 1.82) is 0 Å². The molecule has 1 N–H and O–H groups in total. The molecular weight excluding hydrogens is 380 g/mol. The smallest absolute Gasteiger partial charge is 0.241 e. The number of benzene rings is 1. The van der Waals surface area contributed by atoms with Crippen molar-refractivity contribution in [3.63, 3.8) is 0 Å². The quantitative estimate of drug-likeness (QED) is 0.778. The summed E-state index contributed by atoms with van der Waals surface area (Å²) in [6, 6.07) is 9.17. The first kappa shape index (κ1) is 18.4. The van der Waals surface area contributed by atoms with Crippen molar-refractivity contribution in [2.45, 2.75) is 43.3 Å². The highest BCUT2D eigenvalue weighted by Gasteiger charge is 2.36. The van der Waals surface area contributed by atoms with Crippen LogP contribution in [0.25, 0.3) is 0 Å². The third kappa shape index (κ3) is 4.61. The van der Waals surface area contributed by atoms with Crippen LogP contribution in [0, 0.1) is 0 Å². The maximum absolute atomic E-state index is 12.8. The molecule has 0 aliphatic heterocycles. The molecule has 0 bridgehead atoms. The Morgan fingerprint density at radius 2 is 2.00 bits per heavy atom. The molecule has 1 atom stereocenters. The van der Waals surface area contributed by atoms with Crippen molar-refractivity contribution >= 4 is 38.9 Å². The number of sulfonamides is 1. The third-order valence-electron chi connectivity index (χ3n) is 4.00. The van der Waals surface area contributed by atoms with Crippen molar-refractivity contribution in [3.8, 4) is 0 Å². The number of hydrogen-bond donors (Lipinski definition) is 1. The number of hydrogen-bond acceptors (Lipinski definition) is 4. The van der Waals surface area contributed by atoms with E-state index >= 15 is 0 Å². The minimum atomic E-state index is -3.78. The van der Waals surface area contributed by atoms with Crippen molar-refractivity contribution < 1.29 is 13.2 Å². The van der Waals surface area contributed by atoms with E-state index in [2.05, 4.69) is 4.72 Å². The highest BCUT2D eigenvalue weighted by atomic mass is 35.5. The van der Waals surface area contributed by atoms with Crippen molar-refractivity contribution in [3.05, 3.63) is 51.7 Å². The van der Waals surface area contributed by atoms with Crippen molar-refractivity contribution in [2.75, 3.05) is 0 Å². The summed E-state index contributed by atoms with van der Waals surface area (Å²) in [5.74, 6) is -0.201. The zero-order valence-electron chi connectivity index (χ0n) is 13.7. The van der Waals surface area contributed by atoms with Crippen LogP contribution in [0.4, 0.5) is 0 Å². The SMILES string of the molecule is C[C@H](NS(=O)(=O)c1ccc(Cl)cc1)C(=O)N(Cc1cccs1)C1CC1. The highest BCUT2D eigenvalue weighted by Crippen LogP contribution is 2.30. The standard InChI is InChI=1S/C17H19ClN2O3S2/c1-12(19-25(22,23)16-8-4-13(18)5-9-16)17(21)20(14-6-7-14)11-15-3-2-10-24-15/h2-5,8-10,12,14,19H,6-7,11H2,1H3/t12-/m0/s1. The average Bonchev–Trinajstić information content (AvgIpc) is 3.28. The van der Waals surface area contributed by atoms with E-state index < -0.39 is 16.1 Å². The van der Waals surface area contributed by atoms with Gasteiger partial charge in [-0.25, -0.2) is 8.42 Å². The third-order valence-corrected chi connectivity index (χ3v) is 6.67. The van der Waals surface area contributed by atoms with Crippen LogP contribution in [0.15, 0.2) is 46.7 Å². The first-order chi connectivity index (χ1) is 11.9. The first-order valence-electron chi connectivity index (χ1n) is 7.97. The van der Waals surface area contributed by atoms with Gasteiger partial charge in [0.05, 0.1) is 17.5 Å². The number of thiophene rings is 1. The van der Waals surface area contributed by atoms with Crippen LogP contribution >= 0.6 is 22.9 Å². The van der Waals surface area contributed by atoms with Gasteiger partial charge in [-0.1, -0.05) is 17.7 Å². The van der Waals surface area contributed by atoms with Crippen LogP contribution in [0.3, 0.4) is 0 Å². The molecule has 5 nitrogen and oxygen atoms in total. The van der Waals surface area contributed by atoms with E-state index in [-0.39, 0.29) is 16.8 Å². The van der Waals surface area contributed by atoms with E-state index in [9.17, 15) is 13.2 Å². The van der Waals surface area contributed by atoms with Gasteiger partial charge in [0.15, 0.2) is 0 Å². The largest absolute Gasteiger partial charge is 0.333 e. The van der Waals surface area contributed by atoms with E-state index in [1.54, 1.807) is 23.2 Å². The Balaban J connectivity index is 1.71. The van der Waals surface area contributed by atoms with Gasteiger partial charge in [0.2, 0.25) is 15.9 Å². The highest BCUT2D eigenvalue weighted by molar-refractivity contribution is 7.89. The van der Waals surface area contributed by atoms with Gasteiger partial charge in [-0.3, -0.25) is 4.79 Å². The summed E-state index contributed by atoms with van der Waals surface area (Å²) < 4.78 is 27.4. The minimum Gasteiger partial charge on any atom is -0.333 e. The molecule has 1 aliphatic rings. The van der Waals surface area contributed by atoms with Crippen LogP contribution in [0.5, 0.6) is 0 Å². The number of carbonyl (C=O) groups excluding carboxylic acids is 1. The monoisotopic (exact) mass is 398 g/mol. The number of carbonyl (C=O) groups is 1. The topological polar surface area (TPSA) is 66.5 Å². The Bertz CT molecular complexity index is 831. The molecule has 0 unspecified atom stereocenters. The molecule has 1 heterocycles. The van der Waals surface area contributed by atoms with Crippen LogP contribution < -0.4 is 4.72 Å². The normalized spacial score (nSPS) is 15.8. The lowest BCUT2D eigenvalue weighted by Crippen LogP contribution is -2.47. The summed E-state index contributed by atoms with van der Waals surface area (Å²) in [5, 5.41) is 2.43. The number of amides is 1. The minimum absolute atomic E-state index is 0.0905. The maximum Gasteiger partial charge on any atom is 0.241 e. The van der Waals surface area contributed by atoms with E-state index in [1.165, 1.54) is 24.3 Å². The number of halogens is 1. The fourth-order valence-electron chi connectivity index (χ4n) is 2.56. The Hall–Kier alpha value is -1.41. The van der Waals surface area contributed by atoms with Gasteiger partial charge in [-0.05, 0) is 55.5 Å². The number of nitrogens with one attached hydrogen (secondary N) is 1. The Kier molecular flexibility index (Phi) is 5.48. The van der Waals surface area contributed by atoms with Crippen LogP contribution in [-0.4, -0.2) is 31.3 Å². The predicted molar refractivity (Wildman–Crippen MR) is 99.1 cm³/mol. The predicted octanol–water partition coefficient (Wildman–Crippen LogP) is 3.26. The molecule has 1 aliphatic carbocycles. The molecule has 1 fully saturated rings. The lowest BCUT2D eigenvalue weighted by Gasteiger charge is -2.25. The zero-order chi connectivity index (χ0) is 18.0. The molecule has 1 saturated carbocycles. The van der Waals surface area contributed by atoms with Crippen molar-refractivity contribution in [1.82, 2.24) is 9.62 Å². The molecule has 0 saturated heterocycles. The molecule has 25 heavy (non-hydrogen) atoms. The summed E-state index contributed by atoms with van der Waals surface area (Å²) in [6.07, 6.45) is 1.93. The van der Waals surface area contributed by atoms with Gasteiger partial charge in [0, 0.05) is 15.9 Å². The van der Waals surface area contributed by atoms with Crippen LogP contribution in [0.2, 0.25) is 5.02 Å². The second-order valence-corrected chi connectivity index (χ2v) is 9.26. The van der Waals surface area contributed by atoms with Crippen molar-refractivity contribution in [2.24, 2.45) is 0 Å². The molecule has 0 radical (unpaired) electrons. The lowest BCUT2D eigenvalue weighted by atomic mass is 10.3. The first-order valence-corrected chi connectivity index (χ1v) is 10.7. The maximum atomic E-state index is 12.8. The summed E-state index contributed by atoms with van der Waals surface area (Å²) >= 11 is 7.39. The molecule has 0 spiro atoms. The Labute approximate surface area is 156 Å². The number of nitrogens with zero attached hydrogens (tertiary/aromatic N) is 1. The summed E-state index contributed by atoms with van der Waals surface area (Å²) in [6.45, 7) is 2.10. The molecule has 2 aromatic rings. The van der Waals surface area contributed by atoms with E-state index in [4.69, 9.17) is 11.6 Å². The van der Waals surface area contributed by atoms with Gasteiger partial charge >= 0.3 is 0 Å². The Morgan fingerprint density at radius 3 is 2.56 bits per heavy atom. The molecule has 8 heteroatoms. The number of rotatable bonds is 7. The lowest BCUT2D eigenvalue weighted by molar-refractivity contribution is -0.133. The second kappa shape index (κ2) is 7.45. The summed E-state index contributed by atoms with van der Waals surface area (Å²) in [5.41, 5.74) is 0. The Morgan fingerprint density at radius 1 is 1.32 bits per heavy atom. The van der Waals surface area contributed by atoms with E-state index in [0.717, 1.165) is 17.7 Å². The van der Waals surface area contributed by atoms with E-state index in [1.807, 2.05) is 17.5 Å². The van der Waals surface area contributed by atoms with Gasteiger partial charge in [0.1, 0.15) is 0 Å². The molecule has 1 amide bonds. The molecule has 1 aromatic carbocycles. The zero-order valence-corrected chi connectivity index (χ0v) is 16.1. The van der Waals surface area contributed by atoms with Gasteiger partial charge in [-0.2, -0.15) is 4.72 Å². The summed E-state index contributed by atoms with van der Waals surface area (Å²) in [4.78, 5) is 15.8. The molecule has 3 rings (SSSR count). The molecule has 134 valence electrons. The van der Waals surface area contributed by atoms with Gasteiger partial charge in [-0.15, -0.1) is 11.3 Å². The fraction of sp³-hybridized carbons (Fsp3) is 0.353. The average molecular weight is 399 g/mol. The second-order valence-electron chi connectivity index (χ2n) is 6.07. The van der Waals surface area contributed by atoms with Crippen LogP contribution in [0.1, 0.15) is 24.6 Å². The molecular formula is C17H19ClN2O3S2. The van der Waals surface area contributed by atoms with E-state index in [0.29, 0.717) is 11.6 Å². The van der Waals surface area contributed by atoms with Gasteiger partial charge < -0.3 is 4.90 Å². The summed E-state index contributed by atoms with van der Waals surface area (Å²) in [7, 11) is -3.78. The van der Waals surface area contributed by atoms with Gasteiger partial charge in [0.25, 0.3) is 0 Å².